The van der Waals surface area contributed by atoms with Crippen LogP contribution in [0.1, 0.15) is 79.1 Å². The smallest absolute Gasteiger partial charge is 0.311 e. The van der Waals surface area contributed by atoms with Crippen molar-refractivity contribution in [2.45, 2.75) is 177 Å². The summed E-state index contributed by atoms with van der Waals surface area (Å²) in [6.45, 7) is 6.74. The number of aliphatic hydroxyl groups excluding tert-OH is 9. The maximum atomic E-state index is 12.6. The molecule has 0 spiro atoms. The van der Waals surface area contributed by atoms with Gasteiger partial charge in [0.1, 0.15) is 18.1 Å². The van der Waals surface area contributed by atoms with Gasteiger partial charge in [0.05, 0.1) is 79.6 Å². The molecule has 0 aliphatic carbocycles. The van der Waals surface area contributed by atoms with E-state index in [1.54, 1.807) is 80.7 Å². The highest BCUT2D eigenvalue weighted by Gasteiger charge is 2.51. The summed E-state index contributed by atoms with van der Waals surface area (Å²) in [6, 6.07) is -1.15. The van der Waals surface area contributed by atoms with E-state index >= 15 is 0 Å². The Morgan fingerprint density at radius 3 is 1.82 bits per heavy atom. The van der Waals surface area contributed by atoms with Crippen molar-refractivity contribution in [1.82, 2.24) is 0 Å². The van der Waals surface area contributed by atoms with Crippen LogP contribution in [0.3, 0.4) is 0 Å². The van der Waals surface area contributed by atoms with Gasteiger partial charge in [0, 0.05) is 37.5 Å². The quantitative estimate of drug-likeness (QED) is 0.174. The summed E-state index contributed by atoms with van der Waals surface area (Å²) in [5, 5.41) is 118. The minimum Gasteiger partial charge on any atom is -0.481 e. The molecule has 13 N–H and O–H groups in total. The van der Waals surface area contributed by atoms with Gasteiger partial charge in [0.2, 0.25) is 0 Å². The number of carbonyl (C=O) groups excluding carboxylic acids is 1. The Balaban J connectivity index is 1.86. The Morgan fingerprint density at radius 2 is 1.23 bits per heavy atom. The fraction of sp³-hybridized carbons (Fsp3) is 0.660. The number of cyclic esters (lactones) is 1. The van der Waals surface area contributed by atoms with Crippen LogP contribution in [0.4, 0.5) is 0 Å². The van der Waals surface area contributed by atoms with Crippen molar-refractivity contribution < 1.29 is 84.7 Å². The van der Waals surface area contributed by atoms with Gasteiger partial charge < -0.3 is 80.9 Å². The average molecular weight is 924 g/mol. The normalized spacial score (nSPS) is 42.0. The predicted octanol–water partition coefficient (Wildman–Crippen LogP) is 0.712. The molecule has 0 unspecified atom stereocenters. The molecule has 0 aromatic heterocycles. The number of hydrogen-bond acceptors (Lipinski definition) is 17. The summed E-state index contributed by atoms with van der Waals surface area (Å²) < 4.78 is 23.1. The molecule has 3 aliphatic heterocycles. The zero-order valence-electron chi connectivity index (χ0n) is 37.6. The van der Waals surface area contributed by atoms with E-state index in [1.165, 1.54) is 13.0 Å². The van der Waals surface area contributed by atoms with Gasteiger partial charge in [-0.3, -0.25) is 9.59 Å². The summed E-state index contributed by atoms with van der Waals surface area (Å²) in [5.74, 6) is -6.83. The molecule has 18 heteroatoms. The SMILES string of the molecule is C[C@H]1[C@H](O)[C@@H](C)C=CC=CC=CC=CC=CC=CC=C[C@H](O[C@H]2O[C@@H](C)[C@H](O)[C@@H](N)[C@@H]2O)C[C@@H]2O[C@@](O)(C[C@@H](O)C[C@@H](O)[C@@H](O)CC[C@@H](O)C[C@H](O)CC(=O)O[C@H]1C)C[C@H](O)[C@H]2C(=O)O. The van der Waals surface area contributed by atoms with Gasteiger partial charge in [-0.25, -0.2) is 0 Å². The maximum absolute atomic E-state index is 12.6. The number of allylic oxidation sites excluding steroid dienone is 12. The van der Waals surface area contributed by atoms with Crippen molar-refractivity contribution in [2.24, 2.45) is 23.5 Å². The van der Waals surface area contributed by atoms with Crippen LogP contribution < -0.4 is 5.73 Å². The van der Waals surface area contributed by atoms with Crippen molar-refractivity contribution in [2.75, 3.05) is 0 Å². The lowest BCUT2D eigenvalue weighted by Crippen LogP contribution is -2.61. The molecule has 65 heavy (non-hydrogen) atoms. The largest absolute Gasteiger partial charge is 0.481 e. The van der Waals surface area contributed by atoms with Crippen LogP contribution in [0.5, 0.6) is 0 Å². The number of nitrogens with two attached hydrogens (primary N) is 1. The lowest BCUT2D eigenvalue weighted by molar-refractivity contribution is -0.308. The first-order valence-electron chi connectivity index (χ1n) is 22.3. The average Bonchev–Trinajstić information content (AvgIpc) is 3.21. The van der Waals surface area contributed by atoms with Gasteiger partial charge in [-0.1, -0.05) is 98.9 Å². The second kappa shape index (κ2) is 27.4. The van der Waals surface area contributed by atoms with Gasteiger partial charge in [0.15, 0.2) is 12.1 Å². The summed E-state index contributed by atoms with van der Waals surface area (Å²) in [6.07, 6.45) is 3.46. The van der Waals surface area contributed by atoms with E-state index in [0.717, 1.165) is 0 Å². The van der Waals surface area contributed by atoms with Crippen molar-refractivity contribution in [3.05, 3.63) is 85.1 Å². The Morgan fingerprint density at radius 1 is 0.662 bits per heavy atom. The fourth-order valence-electron chi connectivity index (χ4n) is 7.97. The Hall–Kier alpha value is -3.44. The molecule has 19 atom stereocenters. The summed E-state index contributed by atoms with van der Waals surface area (Å²) in [7, 11) is 0. The number of rotatable bonds is 3. The number of carbonyl (C=O) groups is 2. The number of carboxylic acids is 1. The summed E-state index contributed by atoms with van der Waals surface area (Å²) >= 11 is 0. The van der Waals surface area contributed by atoms with Crippen LogP contribution in [0.15, 0.2) is 85.1 Å². The van der Waals surface area contributed by atoms with Crippen LogP contribution in [-0.4, -0.2) is 166 Å². The van der Waals surface area contributed by atoms with Crippen molar-refractivity contribution in [1.29, 1.82) is 0 Å². The molecule has 3 heterocycles. The minimum absolute atomic E-state index is 0.107. The summed E-state index contributed by atoms with van der Waals surface area (Å²) in [5.41, 5.74) is 6.02. The maximum Gasteiger partial charge on any atom is 0.311 e. The lowest BCUT2D eigenvalue weighted by Gasteiger charge is -2.45. The zero-order valence-corrected chi connectivity index (χ0v) is 37.6. The first kappa shape index (κ1) is 55.9. The van der Waals surface area contributed by atoms with E-state index in [2.05, 4.69) is 0 Å². The molecule has 3 rings (SSSR count). The summed E-state index contributed by atoms with van der Waals surface area (Å²) in [4.78, 5) is 25.1. The molecular weight excluding hydrogens is 851 g/mol. The highest BCUT2D eigenvalue weighted by Crippen LogP contribution is 2.38. The Bertz CT molecular complexity index is 1670. The van der Waals surface area contributed by atoms with Crippen LogP contribution in [0.25, 0.3) is 0 Å². The van der Waals surface area contributed by atoms with Crippen molar-refractivity contribution >= 4 is 11.9 Å². The van der Waals surface area contributed by atoms with Gasteiger partial charge in [-0.15, -0.1) is 0 Å². The topological polar surface area (TPSA) is 320 Å². The molecule has 2 fully saturated rings. The molecular formula is C47H73NO17. The molecule has 0 radical (unpaired) electrons. The molecule has 2 saturated heterocycles. The zero-order chi connectivity index (χ0) is 48.4. The first-order valence-corrected chi connectivity index (χ1v) is 22.3. The fourth-order valence-corrected chi connectivity index (χ4v) is 7.97. The monoisotopic (exact) mass is 923 g/mol. The van der Waals surface area contributed by atoms with E-state index in [1.807, 2.05) is 19.1 Å². The van der Waals surface area contributed by atoms with Crippen LogP contribution in [-0.2, 0) is 28.5 Å². The number of aliphatic hydroxyl groups is 10. The van der Waals surface area contributed by atoms with Crippen molar-refractivity contribution in [3.8, 4) is 0 Å². The number of hydrogen-bond donors (Lipinski definition) is 12. The standard InChI is InChI=1S/C47H73NO17/c1-27-17-15-13-11-9-7-5-6-8-10-12-14-16-18-34(64-46-44(58)41(48)43(57)30(4)63-46)24-38-40(45(59)60)37(54)26-47(61,65-38)25-33(51)22-36(53)35(52)20-19-31(49)21-32(50)23-39(55)62-29(3)28(2)42(27)56/h5-18,27-38,40-44,46,49-54,56-58,61H,19-26,48H2,1-4H3,(H,59,60)/t27-,28+,29-,30-,31+,32-,33-,34-,35-,36+,37-,38-,40+,41+,42+,43-,44-,46+,47-/m0/s1. The second-order valence-corrected chi connectivity index (χ2v) is 17.6. The first-order chi connectivity index (χ1) is 30.6. The molecule has 0 saturated carbocycles. The van der Waals surface area contributed by atoms with Crippen LogP contribution in [0, 0.1) is 17.8 Å². The van der Waals surface area contributed by atoms with Gasteiger partial charge in [-0.05, 0) is 33.1 Å². The Kier molecular flexibility index (Phi) is 23.6. The number of aliphatic carboxylic acids is 1. The van der Waals surface area contributed by atoms with Crippen LogP contribution in [0.2, 0.25) is 0 Å². The van der Waals surface area contributed by atoms with E-state index in [-0.39, 0.29) is 31.6 Å². The molecule has 18 nitrogen and oxygen atoms in total. The highest BCUT2D eigenvalue weighted by atomic mass is 16.7. The van der Waals surface area contributed by atoms with Gasteiger partial charge in [-0.2, -0.15) is 0 Å². The third-order valence-corrected chi connectivity index (χ3v) is 12.0. The molecule has 368 valence electrons. The predicted molar refractivity (Wildman–Crippen MR) is 237 cm³/mol. The van der Waals surface area contributed by atoms with Crippen molar-refractivity contribution in [3.63, 3.8) is 0 Å². The number of ether oxygens (including phenoxy) is 4. The van der Waals surface area contributed by atoms with Gasteiger partial charge >= 0.3 is 11.9 Å². The van der Waals surface area contributed by atoms with E-state index in [0.29, 0.717) is 0 Å². The lowest BCUT2D eigenvalue weighted by atomic mass is 9.82. The molecule has 0 aromatic carbocycles. The van der Waals surface area contributed by atoms with E-state index < -0.39 is 147 Å². The van der Waals surface area contributed by atoms with Gasteiger partial charge in [0.25, 0.3) is 0 Å². The Labute approximate surface area is 381 Å². The molecule has 0 amide bonds. The third-order valence-electron chi connectivity index (χ3n) is 12.0. The number of esters is 1. The molecule has 0 aromatic rings. The highest BCUT2D eigenvalue weighted by molar-refractivity contribution is 5.71. The van der Waals surface area contributed by atoms with E-state index in [4.69, 9.17) is 24.7 Å². The number of carboxylic acid groups (broad SMARTS) is 1. The van der Waals surface area contributed by atoms with E-state index in [9.17, 15) is 65.8 Å². The molecule has 2 bridgehead atoms. The number of fused-ring (bicyclic) bond motifs is 2. The van der Waals surface area contributed by atoms with Crippen LogP contribution >= 0.6 is 0 Å². The second-order valence-electron chi connectivity index (χ2n) is 17.6. The third kappa shape index (κ3) is 18.6. The minimum atomic E-state index is -2.33. The molecule has 3 aliphatic rings.